The molecule has 0 atom stereocenters. The zero-order chi connectivity index (χ0) is 20.6. The molecule has 1 aromatic carbocycles. The number of rotatable bonds is 7. The van der Waals surface area contributed by atoms with Crippen LogP contribution >= 0.6 is 0 Å². The van der Waals surface area contributed by atoms with E-state index in [9.17, 15) is 4.79 Å². The number of amides is 1. The molecule has 0 radical (unpaired) electrons. The molecule has 0 aliphatic rings. The molecule has 0 aliphatic heterocycles. The Kier molecular flexibility index (Phi) is 6.67. The molecular weight excluding hydrogens is 368 g/mol. The summed E-state index contributed by atoms with van der Waals surface area (Å²) in [7, 11) is 1.67. The standard InChI is InChI=1S/C21H26N6O2/c1-15-11-16(2)27(26-15)19-9-5-4-7-17(19)12-24-21(22-3)25-14-20(28)23-13-18-8-6-10-29-18/h4-11H,12-14H2,1-3H3,(H,23,28)(H2,22,24,25). The number of hydrogen-bond donors (Lipinski definition) is 3. The lowest BCUT2D eigenvalue weighted by Crippen LogP contribution is -2.42. The maximum atomic E-state index is 12.0. The number of para-hydroxylation sites is 1. The summed E-state index contributed by atoms with van der Waals surface area (Å²) >= 11 is 0. The van der Waals surface area contributed by atoms with Crippen LogP contribution in [0.3, 0.4) is 0 Å². The first-order valence-corrected chi connectivity index (χ1v) is 9.42. The van der Waals surface area contributed by atoms with Gasteiger partial charge in [-0.3, -0.25) is 9.79 Å². The summed E-state index contributed by atoms with van der Waals surface area (Å²) < 4.78 is 7.13. The second-order valence-electron chi connectivity index (χ2n) is 6.60. The monoisotopic (exact) mass is 394 g/mol. The van der Waals surface area contributed by atoms with Gasteiger partial charge in [0.05, 0.1) is 30.7 Å². The zero-order valence-electron chi connectivity index (χ0n) is 16.9. The fraction of sp³-hybridized carbons (Fsp3) is 0.286. The molecule has 2 aromatic heterocycles. The van der Waals surface area contributed by atoms with Crippen LogP contribution in [0, 0.1) is 13.8 Å². The van der Waals surface area contributed by atoms with Gasteiger partial charge >= 0.3 is 0 Å². The Balaban J connectivity index is 1.55. The smallest absolute Gasteiger partial charge is 0.239 e. The van der Waals surface area contributed by atoms with Crippen molar-refractivity contribution in [2.75, 3.05) is 13.6 Å². The summed E-state index contributed by atoms with van der Waals surface area (Å²) in [5.41, 5.74) is 4.13. The van der Waals surface area contributed by atoms with Crippen molar-refractivity contribution in [2.24, 2.45) is 4.99 Å². The second kappa shape index (κ2) is 9.59. The van der Waals surface area contributed by atoms with Crippen LogP contribution in [-0.4, -0.2) is 35.2 Å². The Morgan fingerprint density at radius 1 is 1.10 bits per heavy atom. The molecule has 8 nitrogen and oxygen atoms in total. The number of guanidine groups is 1. The number of benzene rings is 1. The third-order valence-corrected chi connectivity index (χ3v) is 4.36. The van der Waals surface area contributed by atoms with E-state index in [4.69, 9.17) is 4.42 Å². The Morgan fingerprint density at radius 2 is 1.93 bits per heavy atom. The first-order chi connectivity index (χ1) is 14.1. The van der Waals surface area contributed by atoms with Gasteiger partial charge in [0.2, 0.25) is 5.91 Å². The third kappa shape index (κ3) is 5.47. The van der Waals surface area contributed by atoms with Gasteiger partial charge in [0.1, 0.15) is 5.76 Å². The Hall–Kier alpha value is -3.55. The minimum Gasteiger partial charge on any atom is -0.467 e. The Bertz CT molecular complexity index is 975. The highest BCUT2D eigenvalue weighted by Gasteiger charge is 2.10. The fourth-order valence-electron chi connectivity index (χ4n) is 2.96. The van der Waals surface area contributed by atoms with Crippen molar-refractivity contribution in [3.05, 3.63) is 71.4 Å². The largest absolute Gasteiger partial charge is 0.467 e. The summed E-state index contributed by atoms with van der Waals surface area (Å²) in [6.45, 7) is 5.02. The molecule has 0 aliphatic carbocycles. The number of carbonyl (C=O) groups excluding carboxylic acids is 1. The molecule has 0 bridgehead atoms. The predicted octanol–water partition coefficient (Wildman–Crippen LogP) is 2.06. The molecule has 2 heterocycles. The van der Waals surface area contributed by atoms with Crippen molar-refractivity contribution < 1.29 is 9.21 Å². The van der Waals surface area contributed by atoms with Crippen LogP contribution in [0.4, 0.5) is 0 Å². The summed E-state index contributed by atoms with van der Waals surface area (Å²) in [5.74, 6) is 1.11. The second-order valence-corrected chi connectivity index (χ2v) is 6.60. The van der Waals surface area contributed by atoms with Gasteiger partial charge < -0.3 is 20.4 Å². The normalized spacial score (nSPS) is 11.3. The minimum absolute atomic E-state index is 0.111. The Morgan fingerprint density at radius 3 is 2.62 bits per heavy atom. The maximum Gasteiger partial charge on any atom is 0.239 e. The topological polar surface area (TPSA) is 96.5 Å². The van der Waals surface area contributed by atoms with Crippen molar-refractivity contribution in [2.45, 2.75) is 26.9 Å². The summed E-state index contributed by atoms with van der Waals surface area (Å²) in [6, 6.07) is 13.7. The molecule has 152 valence electrons. The molecule has 3 aromatic rings. The molecule has 8 heteroatoms. The van der Waals surface area contributed by atoms with E-state index in [0.29, 0.717) is 24.8 Å². The van der Waals surface area contributed by atoms with E-state index in [1.165, 1.54) is 0 Å². The number of carbonyl (C=O) groups is 1. The third-order valence-electron chi connectivity index (χ3n) is 4.36. The van der Waals surface area contributed by atoms with Crippen LogP contribution in [-0.2, 0) is 17.9 Å². The number of aromatic nitrogens is 2. The van der Waals surface area contributed by atoms with E-state index in [1.54, 1.807) is 19.4 Å². The lowest BCUT2D eigenvalue weighted by Gasteiger charge is -2.15. The number of hydrogen-bond acceptors (Lipinski definition) is 4. The number of furan rings is 1. The van der Waals surface area contributed by atoms with Gasteiger partial charge in [-0.05, 0) is 43.7 Å². The van der Waals surface area contributed by atoms with Gasteiger partial charge in [-0.1, -0.05) is 18.2 Å². The highest BCUT2D eigenvalue weighted by atomic mass is 16.3. The lowest BCUT2D eigenvalue weighted by atomic mass is 10.1. The molecule has 1 amide bonds. The van der Waals surface area contributed by atoms with E-state index in [0.717, 1.165) is 22.6 Å². The first-order valence-electron chi connectivity index (χ1n) is 9.42. The Labute approximate surface area is 170 Å². The predicted molar refractivity (Wildman–Crippen MR) is 112 cm³/mol. The molecule has 0 unspecified atom stereocenters. The zero-order valence-corrected chi connectivity index (χ0v) is 16.9. The van der Waals surface area contributed by atoms with Crippen LogP contribution in [0.15, 0.2) is 58.1 Å². The molecular formula is C21H26N6O2. The highest BCUT2D eigenvalue weighted by Crippen LogP contribution is 2.16. The maximum absolute atomic E-state index is 12.0. The molecule has 0 saturated carbocycles. The molecule has 0 saturated heterocycles. The van der Waals surface area contributed by atoms with E-state index in [-0.39, 0.29) is 12.5 Å². The summed E-state index contributed by atoms with van der Waals surface area (Å²) in [5, 5.41) is 13.6. The minimum atomic E-state index is -0.146. The van der Waals surface area contributed by atoms with Crippen LogP contribution in [0.2, 0.25) is 0 Å². The van der Waals surface area contributed by atoms with Gasteiger partial charge in [-0.2, -0.15) is 5.10 Å². The molecule has 0 fully saturated rings. The van der Waals surface area contributed by atoms with Crippen LogP contribution < -0.4 is 16.0 Å². The molecule has 3 rings (SSSR count). The summed E-state index contributed by atoms with van der Waals surface area (Å²) in [6.07, 6.45) is 1.58. The molecule has 3 N–H and O–H groups in total. The van der Waals surface area contributed by atoms with Crippen molar-refractivity contribution in [1.82, 2.24) is 25.7 Å². The van der Waals surface area contributed by atoms with Crippen molar-refractivity contribution in [1.29, 1.82) is 0 Å². The van der Waals surface area contributed by atoms with Gasteiger partial charge in [-0.15, -0.1) is 0 Å². The first kappa shape index (κ1) is 20.2. The summed E-state index contributed by atoms with van der Waals surface area (Å²) in [4.78, 5) is 16.2. The number of aryl methyl sites for hydroxylation is 2. The van der Waals surface area contributed by atoms with Crippen LogP contribution in [0.5, 0.6) is 0 Å². The van der Waals surface area contributed by atoms with Gasteiger partial charge in [0.25, 0.3) is 0 Å². The van der Waals surface area contributed by atoms with E-state index >= 15 is 0 Å². The van der Waals surface area contributed by atoms with E-state index in [1.807, 2.05) is 54.9 Å². The van der Waals surface area contributed by atoms with Crippen molar-refractivity contribution >= 4 is 11.9 Å². The van der Waals surface area contributed by atoms with E-state index in [2.05, 4.69) is 26.0 Å². The average Bonchev–Trinajstić information content (AvgIpc) is 3.36. The van der Waals surface area contributed by atoms with Crippen molar-refractivity contribution in [3.8, 4) is 5.69 Å². The number of nitrogens with zero attached hydrogens (tertiary/aromatic N) is 3. The molecule has 0 spiro atoms. The number of nitrogens with one attached hydrogen (secondary N) is 3. The fourth-order valence-corrected chi connectivity index (χ4v) is 2.96. The van der Waals surface area contributed by atoms with E-state index < -0.39 is 0 Å². The number of aliphatic imine (C=N–C) groups is 1. The van der Waals surface area contributed by atoms with Crippen LogP contribution in [0.25, 0.3) is 5.69 Å². The van der Waals surface area contributed by atoms with Gasteiger partial charge in [0.15, 0.2) is 5.96 Å². The van der Waals surface area contributed by atoms with Gasteiger partial charge in [-0.25, -0.2) is 4.68 Å². The van der Waals surface area contributed by atoms with Crippen LogP contribution in [0.1, 0.15) is 22.7 Å². The average molecular weight is 394 g/mol. The lowest BCUT2D eigenvalue weighted by molar-refractivity contribution is -0.120. The van der Waals surface area contributed by atoms with Crippen molar-refractivity contribution in [3.63, 3.8) is 0 Å². The quantitative estimate of drug-likeness (QED) is 0.421. The SMILES string of the molecule is CN=C(NCC(=O)NCc1ccco1)NCc1ccccc1-n1nc(C)cc1C. The highest BCUT2D eigenvalue weighted by molar-refractivity contribution is 5.86. The molecule has 29 heavy (non-hydrogen) atoms. The van der Waals surface area contributed by atoms with Gasteiger partial charge in [0, 0.05) is 19.3 Å².